The first-order chi connectivity index (χ1) is 16.6. The van der Waals surface area contributed by atoms with Crippen molar-refractivity contribution in [1.29, 1.82) is 0 Å². The van der Waals surface area contributed by atoms with Crippen LogP contribution in [0.4, 0.5) is 0 Å². The maximum atomic E-state index is 4.76. The summed E-state index contributed by atoms with van der Waals surface area (Å²) in [5.74, 6) is 1.42. The molecule has 6 rings (SSSR count). The number of nitrogens with one attached hydrogen (secondary N) is 2. The Morgan fingerprint density at radius 1 is 0.971 bits per heavy atom. The van der Waals surface area contributed by atoms with Gasteiger partial charge in [-0.05, 0) is 108 Å². The van der Waals surface area contributed by atoms with Crippen molar-refractivity contribution in [2.24, 2.45) is 0 Å². The molecule has 0 unspecified atom stereocenters. The van der Waals surface area contributed by atoms with Gasteiger partial charge in [0.25, 0.3) is 0 Å². The van der Waals surface area contributed by atoms with Gasteiger partial charge in [-0.15, -0.1) is 0 Å². The number of H-pyrrole nitrogens is 2. The van der Waals surface area contributed by atoms with Gasteiger partial charge in [0.1, 0.15) is 0 Å². The number of piperidine rings is 2. The SMILES string of the molecule is Cc1c(-c2ncc3[nH]ccc3n2)[nH]c2ccc(C3CCN(C4CCN(C(C)C)CC4)CC3)cc12. The third-order valence-corrected chi connectivity index (χ3v) is 8.35. The van der Waals surface area contributed by atoms with E-state index in [9.17, 15) is 0 Å². The van der Waals surface area contributed by atoms with E-state index >= 15 is 0 Å². The molecule has 1 aromatic carbocycles. The Balaban J connectivity index is 1.17. The molecule has 2 saturated heterocycles. The van der Waals surface area contributed by atoms with Crippen LogP contribution < -0.4 is 0 Å². The highest BCUT2D eigenvalue weighted by Crippen LogP contribution is 2.35. The molecule has 2 fully saturated rings. The van der Waals surface area contributed by atoms with E-state index in [0.717, 1.165) is 28.6 Å². The number of hydrogen-bond donors (Lipinski definition) is 2. The molecule has 2 aliphatic rings. The molecule has 34 heavy (non-hydrogen) atoms. The van der Waals surface area contributed by atoms with Crippen molar-refractivity contribution in [1.82, 2.24) is 29.7 Å². The molecule has 3 aromatic heterocycles. The van der Waals surface area contributed by atoms with Crippen molar-refractivity contribution in [3.8, 4) is 11.5 Å². The minimum absolute atomic E-state index is 0.654. The number of benzene rings is 1. The van der Waals surface area contributed by atoms with Crippen molar-refractivity contribution in [3.63, 3.8) is 0 Å². The molecule has 4 aromatic rings. The molecule has 0 bridgehead atoms. The summed E-state index contributed by atoms with van der Waals surface area (Å²) in [5, 5.41) is 1.30. The lowest BCUT2D eigenvalue weighted by atomic mass is 9.87. The monoisotopic (exact) mass is 456 g/mol. The average Bonchev–Trinajstić information content (AvgIpc) is 3.48. The largest absolute Gasteiger partial charge is 0.359 e. The summed E-state index contributed by atoms with van der Waals surface area (Å²) in [7, 11) is 0. The van der Waals surface area contributed by atoms with Crippen LogP contribution in [0, 0.1) is 6.92 Å². The number of aromatic nitrogens is 4. The number of fused-ring (bicyclic) bond motifs is 2. The minimum atomic E-state index is 0.654. The molecule has 5 heterocycles. The van der Waals surface area contributed by atoms with Crippen LogP contribution in [0.15, 0.2) is 36.7 Å². The number of aryl methyl sites for hydroxylation is 1. The maximum Gasteiger partial charge on any atom is 0.176 e. The Hall–Kier alpha value is -2.70. The molecule has 0 spiro atoms. The summed E-state index contributed by atoms with van der Waals surface area (Å²) in [4.78, 5) is 21.5. The second kappa shape index (κ2) is 8.82. The summed E-state index contributed by atoms with van der Waals surface area (Å²) >= 11 is 0. The van der Waals surface area contributed by atoms with Gasteiger partial charge in [-0.1, -0.05) is 6.07 Å². The average molecular weight is 457 g/mol. The van der Waals surface area contributed by atoms with E-state index < -0.39 is 0 Å². The van der Waals surface area contributed by atoms with Gasteiger partial charge in [0, 0.05) is 29.2 Å². The van der Waals surface area contributed by atoms with Crippen molar-refractivity contribution in [3.05, 3.63) is 47.8 Å². The van der Waals surface area contributed by atoms with Gasteiger partial charge in [-0.25, -0.2) is 9.97 Å². The van der Waals surface area contributed by atoms with E-state index in [1.165, 1.54) is 73.9 Å². The lowest BCUT2D eigenvalue weighted by Gasteiger charge is -2.42. The van der Waals surface area contributed by atoms with Crippen LogP contribution in [-0.2, 0) is 0 Å². The van der Waals surface area contributed by atoms with E-state index in [1.807, 2.05) is 18.5 Å². The fourth-order valence-electron chi connectivity index (χ4n) is 6.15. The van der Waals surface area contributed by atoms with Crippen LogP contribution in [0.3, 0.4) is 0 Å². The molecule has 6 nitrogen and oxygen atoms in total. The standard InChI is InChI=1S/C28H36N6/c1-18(2)33-14-9-22(10-15-33)34-12-7-20(8-13-34)21-4-5-24-23(16-21)19(3)27(31-24)28-30-17-26-25(32-28)6-11-29-26/h4-6,11,16-18,20,22,29,31H,7-10,12-15H2,1-3H3. The van der Waals surface area contributed by atoms with Crippen molar-refractivity contribution >= 4 is 21.9 Å². The fraction of sp³-hybridized carbons (Fsp3) is 0.500. The first-order valence-electron chi connectivity index (χ1n) is 13.0. The second-order valence-electron chi connectivity index (χ2n) is 10.6. The molecule has 6 heteroatoms. The Kier molecular flexibility index (Phi) is 5.66. The van der Waals surface area contributed by atoms with Crippen LogP contribution in [0.5, 0.6) is 0 Å². The van der Waals surface area contributed by atoms with Gasteiger partial charge in [0.2, 0.25) is 0 Å². The second-order valence-corrected chi connectivity index (χ2v) is 10.6. The summed E-state index contributed by atoms with van der Waals surface area (Å²) < 4.78 is 0. The Morgan fingerprint density at radius 3 is 2.53 bits per heavy atom. The van der Waals surface area contributed by atoms with Crippen molar-refractivity contribution in [2.45, 2.75) is 64.5 Å². The number of hydrogen-bond acceptors (Lipinski definition) is 4. The number of rotatable bonds is 4. The lowest BCUT2D eigenvalue weighted by molar-refractivity contribution is 0.0753. The van der Waals surface area contributed by atoms with E-state index in [4.69, 9.17) is 4.98 Å². The fourth-order valence-corrected chi connectivity index (χ4v) is 6.15. The molecule has 2 N–H and O–H groups in total. The van der Waals surface area contributed by atoms with E-state index in [-0.39, 0.29) is 0 Å². The highest BCUT2D eigenvalue weighted by molar-refractivity contribution is 5.90. The van der Waals surface area contributed by atoms with Crippen LogP contribution >= 0.6 is 0 Å². The van der Waals surface area contributed by atoms with Crippen LogP contribution in [0.25, 0.3) is 33.5 Å². The highest BCUT2D eigenvalue weighted by atomic mass is 15.2. The molecular formula is C28H36N6. The van der Waals surface area contributed by atoms with E-state index in [2.05, 4.69) is 63.7 Å². The molecule has 2 aliphatic heterocycles. The van der Waals surface area contributed by atoms with Crippen LogP contribution in [-0.4, -0.2) is 68.0 Å². The van der Waals surface area contributed by atoms with Crippen LogP contribution in [0.1, 0.15) is 56.6 Å². The predicted molar refractivity (Wildman–Crippen MR) is 139 cm³/mol. The van der Waals surface area contributed by atoms with Crippen molar-refractivity contribution in [2.75, 3.05) is 26.2 Å². The number of aromatic amines is 2. The predicted octanol–water partition coefficient (Wildman–Crippen LogP) is 5.47. The zero-order valence-corrected chi connectivity index (χ0v) is 20.6. The molecule has 0 radical (unpaired) electrons. The van der Waals surface area contributed by atoms with Gasteiger partial charge in [-0.2, -0.15) is 0 Å². The third-order valence-electron chi connectivity index (χ3n) is 8.35. The zero-order chi connectivity index (χ0) is 23.2. The lowest BCUT2D eigenvalue weighted by Crippen LogP contribution is -2.48. The van der Waals surface area contributed by atoms with Gasteiger partial charge in [-0.3, -0.25) is 0 Å². The van der Waals surface area contributed by atoms with Gasteiger partial charge >= 0.3 is 0 Å². The van der Waals surface area contributed by atoms with Gasteiger partial charge in [0.05, 0.1) is 22.9 Å². The smallest absolute Gasteiger partial charge is 0.176 e. The highest BCUT2D eigenvalue weighted by Gasteiger charge is 2.29. The first kappa shape index (κ1) is 21.8. The summed E-state index contributed by atoms with van der Waals surface area (Å²) in [6.07, 6.45) is 8.97. The van der Waals surface area contributed by atoms with Crippen molar-refractivity contribution < 1.29 is 0 Å². The van der Waals surface area contributed by atoms with Gasteiger partial charge in [0.15, 0.2) is 5.82 Å². The number of likely N-dealkylation sites (tertiary alicyclic amines) is 2. The summed E-state index contributed by atoms with van der Waals surface area (Å²) in [5.41, 5.74) is 6.83. The Bertz CT molecular complexity index is 1280. The first-order valence-corrected chi connectivity index (χ1v) is 13.0. The number of nitrogens with zero attached hydrogens (tertiary/aromatic N) is 4. The van der Waals surface area contributed by atoms with E-state index in [1.54, 1.807) is 0 Å². The molecule has 0 aliphatic carbocycles. The summed E-state index contributed by atoms with van der Waals surface area (Å²) in [6.45, 7) is 11.8. The molecular weight excluding hydrogens is 420 g/mol. The van der Waals surface area contributed by atoms with Gasteiger partial charge < -0.3 is 19.8 Å². The molecule has 0 amide bonds. The Morgan fingerprint density at radius 2 is 1.76 bits per heavy atom. The molecule has 0 atom stereocenters. The Labute approximate surface area is 201 Å². The topological polar surface area (TPSA) is 63.8 Å². The quantitative estimate of drug-likeness (QED) is 0.428. The summed E-state index contributed by atoms with van der Waals surface area (Å²) in [6, 6.07) is 10.5. The molecule has 178 valence electrons. The maximum absolute atomic E-state index is 4.76. The van der Waals surface area contributed by atoms with E-state index in [0.29, 0.717) is 12.0 Å². The zero-order valence-electron chi connectivity index (χ0n) is 20.6. The molecule has 0 saturated carbocycles. The van der Waals surface area contributed by atoms with Crippen LogP contribution in [0.2, 0.25) is 0 Å². The normalized spacial score (nSPS) is 19.6. The third kappa shape index (κ3) is 3.93. The minimum Gasteiger partial charge on any atom is -0.359 e.